The smallest absolute Gasteiger partial charge is 0.347 e. The predicted molar refractivity (Wildman–Crippen MR) is 83.5 cm³/mol. The van der Waals surface area contributed by atoms with Crippen molar-refractivity contribution in [3.8, 4) is 0 Å². The highest BCUT2D eigenvalue weighted by atomic mass is 32.2. The van der Waals surface area contributed by atoms with Crippen LogP contribution in [0.25, 0.3) is 0 Å². The van der Waals surface area contributed by atoms with Gasteiger partial charge in [0.15, 0.2) is 0 Å². The van der Waals surface area contributed by atoms with Crippen LogP contribution < -0.4 is 4.72 Å². The van der Waals surface area contributed by atoms with Gasteiger partial charge in [-0.05, 0) is 51.7 Å². The van der Waals surface area contributed by atoms with Crippen LogP contribution in [-0.2, 0) is 10.0 Å². The lowest BCUT2D eigenvalue weighted by Gasteiger charge is -2.20. The van der Waals surface area contributed by atoms with Crippen LogP contribution in [0.15, 0.2) is 16.3 Å². The number of rotatable bonds is 9. The maximum Gasteiger partial charge on any atom is 0.347 e. The summed E-state index contributed by atoms with van der Waals surface area (Å²) in [6.07, 6.45) is 1.59. The standard InChI is InChI=1S/C13H22N2O4S2/c1-10(2)15(3)8-5-4-7-14-21(18,19)11-6-9-20-12(11)13(16)17/h6,9-10,14H,4-5,7-8H2,1-3H3,(H,16,17). The van der Waals surface area contributed by atoms with Crippen molar-refractivity contribution in [2.24, 2.45) is 0 Å². The van der Waals surface area contributed by atoms with E-state index in [0.717, 1.165) is 24.3 Å². The zero-order chi connectivity index (χ0) is 16.0. The first-order chi connectivity index (χ1) is 9.75. The van der Waals surface area contributed by atoms with E-state index in [1.165, 1.54) is 11.4 Å². The number of unbranched alkanes of at least 4 members (excludes halogenated alkanes) is 1. The molecule has 8 heteroatoms. The van der Waals surface area contributed by atoms with Crippen LogP contribution in [0, 0.1) is 0 Å². The Bertz CT molecular complexity index is 566. The highest BCUT2D eigenvalue weighted by Gasteiger charge is 2.23. The Morgan fingerprint density at radius 3 is 2.67 bits per heavy atom. The molecule has 0 unspecified atom stereocenters. The third-order valence-corrected chi connectivity index (χ3v) is 5.76. The van der Waals surface area contributed by atoms with E-state index < -0.39 is 16.0 Å². The number of sulfonamides is 1. The van der Waals surface area contributed by atoms with E-state index in [0.29, 0.717) is 19.0 Å². The highest BCUT2D eigenvalue weighted by Crippen LogP contribution is 2.21. The Morgan fingerprint density at radius 1 is 1.43 bits per heavy atom. The second-order valence-corrected chi connectivity index (χ2v) is 7.75. The summed E-state index contributed by atoms with van der Waals surface area (Å²) in [4.78, 5) is 12.8. The van der Waals surface area contributed by atoms with E-state index >= 15 is 0 Å². The second kappa shape index (κ2) is 7.88. The molecular formula is C13H22N2O4S2. The van der Waals surface area contributed by atoms with Gasteiger partial charge >= 0.3 is 5.97 Å². The normalized spacial score (nSPS) is 12.2. The largest absolute Gasteiger partial charge is 0.477 e. The zero-order valence-corrected chi connectivity index (χ0v) is 14.1. The summed E-state index contributed by atoms with van der Waals surface area (Å²) in [5.74, 6) is -1.22. The Hall–Kier alpha value is -0.960. The van der Waals surface area contributed by atoms with Crippen molar-refractivity contribution in [3.05, 3.63) is 16.3 Å². The molecule has 0 atom stereocenters. The average molecular weight is 334 g/mol. The molecule has 0 aliphatic carbocycles. The quantitative estimate of drug-likeness (QED) is 0.673. The fraction of sp³-hybridized carbons (Fsp3) is 0.615. The molecular weight excluding hydrogens is 312 g/mol. The number of thiophene rings is 1. The molecule has 0 aromatic carbocycles. The molecule has 0 amide bonds. The van der Waals surface area contributed by atoms with Gasteiger partial charge in [-0.3, -0.25) is 0 Å². The summed E-state index contributed by atoms with van der Waals surface area (Å²) in [5, 5.41) is 10.4. The topological polar surface area (TPSA) is 86.7 Å². The number of hydrogen-bond donors (Lipinski definition) is 2. The number of nitrogens with one attached hydrogen (secondary N) is 1. The number of carbonyl (C=O) groups is 1. The molecule has 1 aromatic rings. The maximum absolute atomic E-state index is 12.0. The summed E-state index contributed by atoms with van der Waals surface area (Å²) in [7, 11) is -1.72. The molecule has 0 radical (unpaired) electrons. The van der Waals surface area contributed by atoms with Crippen LogP contribution in [0.4, 0.5) is 0 Å². The molecule has 21 heavy (non-hydrogen) atoms. The molecule has 0 spiro atoms. The molecule has 1 rings (SSSR count). The Kier molecular flexibility index (Phi) is 6.79. The van der Waals surface area contributed by atoms with Crippen molar-refractivity contribution in [1.29, 1.82) is 0 Å². The predicted octanol–water partition coefficient (Wildman–Crippen LogP) is 1.84. The van der Waals surface area contributed by atoms with Crippen LogP contribution in [0.5, 0.6) is 0 Å². The van der Waals surface area contributed by atoms with Crippen molar-refractivity contribution >= 4 is 27.3 Å². The van der Waals surface area contributed by atoms with E-state index in [2.05, 4.69) is 23.5 Å². The number of carboxylic acid groups (broad SMARTS) is 1. The van der Waals surface area contributed by atoms with Gasteiger partial charge in [0.25, 0.3) is 0 Å². The van der Waals surface area contributed by atoms with Gasteiger partial charge in [-0.1, -0.05) is 0 Å². The molecule has 0 saturated carbocycles. The monoisotopic (exact) mass is 334 g/mol. The third-order valence-electron chi connectivity index (χ3n) is 3.22. The van der Waals surface area contributed by atoms with Crippen LogP contribution >= 0.6 is 11.3 Å². The maximum atomic E-state index is 12.0. The van der Waals surface area contributed by atoms with Gasteiger partial charge in [0.1, 0.15) is 9.77 Å². The van der Waals surface area contributed by atoms with E-state index in [4.69, 9.17) is 5.11 Å². The third kappa shape index (κ3) is 5.39. The first-order valence-corrected chi connectivity index (χ1v) is 9.12. The average Bonchev–Trinajstić information content (AvgIpc) is 2.87. The Labute approximate surface area is 129 Å². The van der Waals surface area contributed by atoms with Crippen molar-refractivity contribution in [2.75, 3.05) is 20.1 Å². The molecule has 0 saturated heterocycles. The van der Waals surface area contributed by atoms with Gasteiger partial charge in [-0.25, -0.2) is 17.9 Å². The minimum Gasteiger partial charge on any atom is -0.477 e. The lowest BCUT2D eigenvalue weighted by molar-refractivity contribution is 0.0698. The van der Waals surface area contributed by atoms with Gasteiger partial charge in [0.2, 0.25) is 10.0 Å². The van der Waals surface area contributed by atoms with Gasteiger partial charge < -0.3 is 10.0 Å². The summed E-state index contributed by atoms with van der Waals surface area (Å²) < 4.78 is 26.5. The fourth-order valence-electron chi connectivity index (χ4n) is 1.69. The van der Waals surface area contributed by atoms with Crippen molar-refractivity contribution < 1.29 is 18.3 Å². The summed E-state index contributed by atoms with van der Waals surface area (Å²) in [6.45, 7) is 5.42. The SMILES string of the molecule is CC(C)N(C)CCCCNS(=O)(=O)c1ccsc1C(=O)O. The van der Waals surface area contributed by atoms with E-state index in [1.807, 2.05) is 7.05 Å². The van der Waals surface area contributed by atoms with Crippen molar-refractivity contribution in [2.45, 2.75) is 37.6 Å². The van der Waals surface area contributed by atoms with Crippen LogP contribution in [0.1, 0.15) is 36.4 Å². The molecule has 0 bridgehead atoms. The van der Waals surface area contributed by atoms with Gasteiger partial charge in [0.05, 0.1) is 0 Å². The molecule has 0 fully saturated rings. The summed E-state index contributed by atoms with van der Waals surface area (Å²) >= 11 is 0.910. The van der Waals surface area contributed by atoms with Crippen LogP contribution in [0.2, 0.25) is 0 Å². The molecule has 1 aromatic heterocycles. The highest BCUT2D eigenvalue weighted by molar-refractivity contribution is 7.89. The van der Waals surface area contributed by atoms with Crippen molar-refractivity contribution in [3.63, 3.8) is 0 Å². The Balaban J connectivity index is 2.47. The first-order valence-electron chi connectivity index (χ1n) is 6.76. The van der Waals surface area contributed by atoms with Gasteiger partial charge in [-0.2, -0.15) is 0 Å². The van der Waals surface area contributed by atoms with Crippen LogP contribution in [0.3, 0.4) is 0 Å². The first kappa shape index (κ1) is 18.1. The lowest BCUT2D eigenvalue weighted by Crippen LogP contribution is -2.29. The second-order valence-electron chi connectivity index (χ2n) is 5.10. The van der Waals surface area contributed by atoms with E-state index in [1.54, 1.807) is 0 Å². The molecule has 6 nitrogen and oxygen atoms in total. The Morgan fingerprint density at radius 2 is 2.10 bits per heavy atom. The van der Waals surface area contributed by atoms with Gasteiger partial charge in [0, 0.05) is 12.6 Å². The van der Waals surface area contributed by atoms with Crippen molar-refractivity contribution in [1.82, 2.24) is 9.62 Å². The van der Waals surface area contributed by atoms with Crippen LogP contribution in [-0.4, -0.2) is 50.6 Å². The van der Waals surface area contributed by atoms with Gasteiger partial charge in [-0.15, -0.1) is 11.3 Å². The molecule has 120 valence electrons. The number of nitrogens with zero attached hydrogens (tertiary/aromatic N) is 1. The molecule has 0 aliphatic heterocycles. The molecule has 0 aliphatic rings. The summed E-state index contributed by atoms with van der Waals surface area (Å²) in [6, 6.07) is 1.79. The minimum atomic E-state index is -3.74. The van der Waals surface area contributed by atoms with E-state index in [9.17, 15) is 13.2 Å². The number of aromatic carboxylic acids is 1. The molecule has 1 heterocycles. The fourth-order valence-corrected chi connectivity index (χ4v) is 4.03. The summed E-state index contributed by atoms with van der Waals surface area (Å²) in [5.41, 5.74) is 0. The zero-order valence-electron chi connectivity index (χ0n) is 12.5. The molecule has 2 N–H and O–H groups in total. The van der Waals surface area contributed by atoms with E-state index in [-0.39, 0.29) is 9.77 Å². The minimum absolute atomic E-state index is 0.151. The number of hydrogen-bond acceptors (Lipinski definition) is 5. The number of carboxylic acids is 1. The lowest BCUT2D eigenvalue weighted by atomic mass is 10.2.